The van der Waals surface area contributed by atoms with E-state index in [1.807, 2.05) is 23.1 Å². The lowest BCUT2D eigenvalue weighted by atomic mass is 9.90. The first-order valence-corrected chi connectivity index (χ1v) is 10.8. The Labute approximate surface area is 170 Å². The van der Waals surface area contributed by atoms with Crippen LogP contribution in [0.15, 0.2) is 53.7 Å². The molecule has 0 N–H and O–H groups in total. The van der Waals surface area contributed by atoms with Crippen molar-refractivity contribution in [3.05, 3.63) is 54.6 Å². The van der Waals surface area contributed by atoms with Crippen LogP contribution in [0, 0.1) is 11.7 Å². The average Bonchev–Trinajstić information content (AvgIpc) is 2.95. The number of carbonyl (C=O) groups excluding carboxylic acids is 1. The van der Waals surface area contributed by atoms with Gasteiger partial charge in [-0.3, -0.25) is 9.78 Å². The first-order valence-electron chi connectivity index (χ1n) is 9.79. The molecule has 0 aliphatic carbocycles. The van der Waals surface area contributed by atoms with E-state index in [2.05, 4.69) is 23.7 Å². The fourth-order valence-electron chi connectivity index (χ4n) is 4.81. The van der Waals surface area contributed by atoms with E-state index in [0.29, 0.717) is 17.7 Å². The van der Waals surface area contributed by atoms with Gasteiger partial charge in [0.1, 0.15) is 5.82 Å². The number of hydrogen-bond donors (Lipinski definition) is 0. The van der Waals surface area contributed by atoms with Crippen LogP contribution in [0.2, 0.25) is 0 Å². The van der Waals surface area contributed by atoms with Crippen LogP contribution in [-0.2, 0) is 4.79 Å². The summed E-state index contributed by atoms with van der Waals surface area (Å²) in [5.41, 5.74) is 0.902. The van der Waals surface area contributed by atoms with Crippen molar-refractivity contribution in [2.24, 2.45) is 5.92 Å². The van der Waals surface area contributed by atoms with Crippen molar-refractivity contribution in [3.63, 3.8) is 0 Å². The number of anilines is 1. The molecular formula is C22H26FN3OS. The highest BCUT2D eigenvalue weighted by molar-refractivity contribution is 8.00. The molecule has 0 saturated carbocycles. The molecule has 0 unspecified atom stereocenters. The van der Waals surface area contributed by atoms with Crippen molar-refractivity contribution in [2.45, 2.75) is 43.2 Å². The molecule has 2 saturated heterocycles. The minimum Gasteiger partial charge on any atom is -0.363 e. The second-order valence-corrected chi connectivity index (χ2v) is 9.34. The molecule has 0 spiro atoms. The Morgan fingerprint density at radius 1 is 1.29 bits per heavy atom. The number of nitrogens with zero attached hydrogens (tertiary/aromatic N) is 3. The van der Waals surface area contributed by atoms with Gasteiger partial charge in [0, 0.05) is 47.6 Å². The zero-order chi connectivity index (χ0) is 19.7. The zero-order valence-corrected chi connectivity index (χ0v) is 17.2. The van der Waals surface area contributed by atoms with Crippen LogP contribution < -0.4 is 4.90 Å². The molecule has 148 valence electrons. The number of likely N-dealkylation sites (tertiary alicyclic amines) is 1. The van der Waals surface area contributed by atoms with Crippen LogP contribution >= 0.6 is 11.8 Å². The molecule has 4 rings (SSSR count). The van der Waals surface area contributed by atoms with Gasteiger partial charge in [0.2, 0.25) is 5.91 Å². The lowest BCUT2D eigenvalue weighted by molar-refractivity contribution is -0.130. The van der Waals surface area contributed by atoms with Gasteiger partial charge >= 0.3 is 0 Å². The number of carbonyl (C=O) groups is 1. The number of benzene rings is 1. The first-order chi connectivity index (χ1) is 13.4. The van der Waals surface area contributed by atoms with Crippen LogP contribution in [0.4, 0.5) is 10.1 Å². The number of fused-ring (bicyclic) bond motifs is 1. The van der Waals surface area contributed by atoms with Gasteiger partial charge in [0.15, 0.2) is 0 Å². The molecule has 3 heterocycles. The largest absolute Gasteiger partial charge is 0.363 e. The van der Waals surface area contributed by atoms with Crippen LogP contribution in [0.3, 0.4) is 0 Å². The molecule has 28 heavy (non-hydrogen) atoms. The molecule has 2 aliphatic rings. The van der Waals surface area contributed by atoms with Gasteiger partial charge in [0.25, 0.3) is 0 Å². The van der Waals surface area contributed by atoms with Crippen LogP contribution in [0.1, 0.15) is 26.7 Å². The normalized spacial score (nSPS) is 23.5. The molecule has 0 radical (unpaired) electrons. The molecular weight excluding hydrogens is 373 g/mol. The lowest BCUT2D eigenvalue weighted by Crippen LogP contribution is -2.50. The van der Waals surface area contributed by atoms with Gasteiger partial charge in [-0.2, -0.15) is 0 Å². The summed E-state index contributed by atoms with van der Waals surface area (Å²) in [5.74, 6) is 0.875. The fraction of sp³-hybridized carbons (Fsp3) is 0.455. The molecule has 2 aliphatic heterocycles. The third kappa shape index (κ3) is 3.88. The SMILES string of the molecule is CC1(C)C[C@@H]2CN(C(=O)CSc3ccncc3)CC[C@@H]2N1c1cccc(F)c1. The Balaban J connectivity index is 1.43. The standard InChI is InChI=1S/C22H26FN3OS/c1-22(2)13-16-14-25(21(27)15-28-19-6-9-24-10-7-19)11-8-20(16)26(22)18-5-3-4-17(23)12-18/h3-7,9-10,12,16,20H,8,11,13-15H2,1-2H3/t16-,20+/m1/s1. The van der Waals surface area contributed by atoms with Gasteiger partial charge in [-0.05, 0) is 62.9 Å². The van der Waals surface area contributed by atoms with E-state index in [1.54, 1.807) is 36.3 Å². The van der Waals surface area contributed by atoms with E-state index in [4.69, 9.17) is 0 Å². The van der Waals surface area contributed by atoms with Crippen molar-refractivity contribution in [2.75, 3.05) is 23.7 Å². The number of pyridine rings is 1. The minimum absolute atomic E-state index is 0.0476. The summed E-state index contributed by atoms with van der Waals surface area (Å²) in [6, 6.07) is 11.1. The summed E-state index contributed by atoms with van der Waals surface area (Å²) < 4.78 is 13.8. The van der Waals surface area contributed by atoms with Gasteiger partial charge < -0.3 is 9.80 Å². The topological polar surface area (TPSA) is 36.4 Å². The Morgan fingerprint density at radius 2 is 2.07 bits per heavy atom. The number of halogens is 1. The Bertz CT molecular complexity index is 845. The van der Waals surface area contributed by atoms with Gasteiger partial charge in [0.05, 0.1) is 5.75 Å². The fourth-order valence-corrected chi connectivity index (χ4v) is 5.60. The molecule has 4 nitrogen and oxygen atoms in total. The second-order valence-electron chi connectivity index (χ2n) is 8.29. The summed E-state index contributed by atoms with van der Waals surface area (Å²) in [5, 5.41) is 0. The average molecular weight is 400 g/mol. The molecule has 2 aromatic rings. The van der Waals surface area contributed by atoms with Crippen molar-refractivity contribution < 1.29 is 9.18 Å². The zero-order valence-electron chi connectivity index (χ0n) is 16.3. The van der Waals surface area contributed by atoms with E-state index in [1.165, 1.54) is 6.07 Å². The number of rotatable bonds is 4. The predicted molar refractivity (Wildman–Crippen MR) is 111 cm³/mol. The van der Waals surface area contributed by atoms with E-state index < -0.39 is 0 Å². The third-order valence-electron chi connectivity index (χ3n) is 5.89. The molecule has 6 heteroatoms. The summed E-state index contributed by atoms with van der Waals surface area (Å²) in [7, 11) is 0. The maximum atomic E-state index is 13.8. The summed E-state index contributed by atoms with van der Waals surface area (Å²) in [6.45, 7) is 6.00. The van der Waals surface area contributed by atoms with Crippen molar-refractivity contribution in [1.29, 1.82) is 0 Å². The molecule has 0 bridgehead atoms. The van der Waals surface area contributed by atoms with Crippen LogP contribution in [-0.4, -0.2) is 46.2 Å². The van der Waals surface area contributed by atoms with Crippen LogP contribution in [0.25, 0.3) is 0 Å². The maximum Gasteiger partial charge on any atom is 0.232 e. The summed E-state index contributed by atoms with van der Waals surface area (Å²) >= 11 is 1.56. The Morgan fingerprint density at radius 3 is 2.82 bits per heavy atom. The predicted octanol–water partition coefficient (Wildman–Crippen LogP) is 4.22. The molecule has 1 aromatic heterocycles. The van der Waals surface area contributed by atoms with Crippen molar-refractivity contribution in [1.82, 2.24) is 9.88 Å². The second kappa shape index (κ2) is 7.74. The highest BCUT2D eigenvalue weighted by atomic mass is 32.2. The third-order valence-corrected chi connectivity index (χ3v) is 6.89. The van der Waals surface area contributed by atoms with E-state index in [9.17, 15) is 9.18 Å². The minimum atomic E-state index is -0.197. The van der Waals surface area contributed by atoms with Gasteiger partial charge in [-0.25, -0.2) is 4.39 Å². The van der Waals surface area contributed by atoms with E-state index >= 15 is 0 Å². The molecule has 1 amide bonds. The van der Waals surface area contributed by atoms with E-state index in [-0.39, 0.29) is 17.3 Å². The number of piperidine rings is 1. The van der Waals surface area contributed by atoms with E-state index in [0.717, 1.165) is 36.5 Å². The maximum absolute atomic E-state index is 13.8. The monoisotopic (exact) mass is 399 g/mol. The molecule has 2 atom stereocenters. The molecule has 2 fully saturated rings. The quantitative estimate of drug-likeness (QED) is 0.722. The summed E-state index contributed by atoms with van der Waals surface area (Å²) in [4.78, 5) is 22.2. The number of thioether (sulfide) groups is 1. The number of hydrogen-bond acceptors (Lipinski definition) is 4. The highest BCUT2D eigenvalue weighted by Crippen LogP contribution is 2.44. The number of amides is 1. The number of aromatic nitrogens is 1. The highest BCUT2D eigenvalue weighted by Gasteiger charge is 2.48. The van der Waals surface area contributed by atoms with Crippen molar-refractivity contribution >= 4 is 23.4 Å². The first kappa shape index (κ1) is 19.2. The molecule has 1 aromatic carbocycles. The van der Waals surface area contributed by atoms with Gasteiger partial charge in [-0.1, -0.05) is 6.07 Å². The Kier molecular flexibility index (Phi) is 5.32. The van der Waals surface area contributed by atoms with Crippen molar-refractivity contribution in [3.8, 4) is 0 Å². The van der Waals surface area contributed by atoms with Crippen LogP contribution in [0.5, 0.6) is 0 Å². The summed E-state index contributed by atoms with van der Waals surface area (Å²) in [6.07, 6.45) is 5.44. The Hall–Kier alpha value is -2.08. The van der Waals surface area contributed by atoms with Gasteiger partial charge in [-0.15, -0.1) is 11.8 Å². The lowest BCUT2D eigenvalue weighted by Gasteiger charge is -2.41. The smallest absolute Gasteiger partial charge is 0.232 e.